The molecule has 1 saturated heterocycles. The van der Waals surface area contributed by atoms with Crippen LogP contribution in [0.15, 0.2) is 53.5 Å². The van der Waals surface area contributed by atoms with Gasteiger partial charge in [-0.1, -0.05) is 30.3 Å². The first-order valence-electron chi connectivity index (χ1n) is 8.92. The van der Waals surface area contributed by atoms with Crippen LogP contribution < -0.4 is 5.56 Å². The van der Waals surface area contributed by atoms with Crippen molar-refractivity contribution in [2.45, 2.75) is 19.5 Å². The van der Waals surface area contributed by atoms with Crippen LogP contribution in [0.2, 0.25) is 0 Å². The third-order valence-corrected chi connectivity index (χ3v) is 4.67. The summed E-state index contributed by atoms with van der Waals surface area (Å²) in [5.74, 6) is -0.195. The number of benzene rings is 1. The molecule has 0 saturated carbocycles. The van der Waals surface area contributed by atoms with Gasteiger partial charge in [-0.3, -0.25) is 29.2 Å². The van der Waals surface area contributed by atoms with Crippen LogP contribution in [0, 0.1) is 10.1 Å². The summed E-state index contributed by atoms with van der Waals surface area (Å²) in [6.45, 7) is 3.51. The van der Waals surface area contributed by atoms with Crippen LogP contribution in [0.4, 0.5) is 5.69 Å². The monoisotopic (exact) mass is 370 g/mol. The number of aromatic nitrogens is 1. The van der Waals surface area contributed by atoms with Gasteiger partial charge < -0.3 is 4.90 Å². The van der Waals surface area contributed by atoms with E-state index < -0.39 is 10.5 Å². The second-order valence-corrected chi connectivity index (χ2v) is 6.61. The summed E-state index contributed by atoms with van der Waals surface area (Å²) in [6.07, 6.45) is 1.97. The van der Waals surface area contributed by atoms with Gasteiger partial charge in [0.15, 0.2) is 0 Å². The van der Waals surface area contributed by atoms with E-state index in [-0.39, 0.29) is 18.1 Å². The first-order chi connectivity index (χ1) is 13.0. The molecule has 1 aromatic heterocycles. The van der Waals surface area contributed by atoms with Crippen LogP contribution in [0.5, 0.6) is 0 Å². The average Bonchev–Trinajstić information content (AvgIpc) is 2.90. The summed E-state index contributed by atoms with van der Waals surface area (Å²) in [4.78, 5) is 38.8. The molecule has 8 heteroatoms. The minimum absolute atomic E-state index is 0.181. The smallest absolute Gasteiger partial charge is 0.285 e. The number of nitrogens with zero attached hydrogens (tertiary/aromatic N) is 4. The van der Waals surface area contributed by atoms with Crippen LogP contribution in [0.1, 0.15) is 12.0 Å². The molecule has 0 unspecified atom stereocenters. The van der Waals surface area contributed by atoms with E-state index in [0.29, 0.717) is 13.1 Å². The molecule has 2 aromatic rings. The van der Waals surface area contributed by atoms with Crippen LogP contribution in [-0.4, -0.2) is 51.4 Å². The molecular formula is C19H22N4O4. The molecule has 1 aliphatic rings. The van der Waals surface area contributed by atoms with E-state index in [1.807, 2.05) is 18.2 Å². The number of amides is 1. The molecule has 1 aromatic carbocycles. The molecule has 1 fully saturated rings. The fourth-order valence-electron chi connectivity index (χ4n) is 3.22. The summed E-state index contributed by atoms with van der Waals surface area (Å²) in [5, 5.41) is 10.9. The Bertz CT molecular complexity index is 866. The number of hydrogen-bond donors (Lipinski definition) is 0. The van der Waals surface area contributed by atoms with Crippen molar-refractivity contribution in [3.05, 3.63) is 74.7 Å². The van der Waals surface area contributed by atoms with Gasteiger partial charge in [0, 0.05) is 44.9 Å². The van der Waals surface area contributed by atoms with Gasteiger partial charge in [-0.15, -0.1) is 0 Å². The Balaban J connectivity index is 1.60. The summed E-state index contributed by atoms with van der Waals surface area (Å²) < 4.78 is 1.10. The van der Waals surface area contributed by atoms with Crippen molar-refractivity contribution in [3.63, 3.8) is 0 Å². The lowest BCUT2D eigenvalue weighted by Crippen LogP contribution is -2.38. The quantitative estimate of drug-likeness (QED) is 0.588. The van der Waals surface area contributed by atoms with Gasteiger partial charge in [0.2, 0.25) is 5.91 Å². The molecule has 27 heavy (non-hydrogen) atoms. The lowest BCUT2D eigenvalue weighted by molar-refractivity contribution is -0.385. The van der Waals surface area contributed by atoms with Gasteiger partial charge in [0.25, 0.3) is 11.2 Å². The number of carbonyl (C=O) groups excluding carboxylic acids is 1. The highest BCUT2D eigenvalue weighted by atomic mass is 16.6. The number of carbonyl (C=O) groups is 1. The van der Waals surface area contributed by atoms with Crippen molar-refractivity contribution in [3.8, 4) is 0 Å². The van der Waals surface area contributed by atoms with E-state index in [1.54, 1.807) is 4.90 Å². The molecule has 142 valence electrons. The second kappa shape index (κ2) is 8.59. The zero-order valence-corrected chi connectivity index (χ0v) is 15.0. The molecule has 1 amide bonds. The van der Waals surface area contributed by atoms with Crippen molar-refractivity contribution in [1.29, 1.82) is 0 Å². The molecule has 0 radical (unpaired) electrons. The third kappa shape index (κ3) is 5.01. The number of pyridine rings is 1. The Morgan fingerprint density at radius 1 is 1.04 bits per heavy atom. The van der Waals surface area contributed by atoms with E-state index in [0.717, 1.165) is 49.0 Å². The minimum atomic E-state index is -0.576. The molecular weight excluding hydrogens is 348 g/mol. The predicted molar refractivity (Wildman–Crippen MR) is 100 cm³/mol. The number of hydrogen-bond acceptors (Lipinski definition) is 5. The van der Waals surface area contributed by atoms with E-state index in [9.17, 15) is 19.7 Å². The van der Waals surface area contributed by atoms with Crippen LogP contribution in [-0.2, 0) is 17.9 Å². The Labute approximate surface area is 156 Å². The maximum Gasteiger partial charge on any atom is 0.285 e. The lowest BCUT2D eigenvalue weighted by atomic mass is 10.2. The van der Waals surface area contributed by atoms with E-state index in [4.69, 9.17) is 0 Å². The van der Waals surface area contributed by atoms with Gasteiger partial charge in [0.05, 0.1) is 11.1 Å². The Kier molecular flexibility index (Phi) is 5.97. The second-order valence-electron chi connectivity index (χ2n) is 6.61. The molecule has 0 N–H and O–H groups in total. The zero-order valence-electron chi connectivity index (χ0n) is 15.0. The maximum absolute atomic E-state index is 12.6. The highest BCUT2D eigenvalue weighted by Crippen LogP contribution is 2.10. The van der Waals surface area contributed by atoms with Crippen LogP contribution in [0.25, 0.3) is 0 Å². The topological polar surface area (TPSA) is 88.7 Å². The fourth-order valence-corrected chi connectivity index (χ4v) is 3.22. The van der Waals surface area contributed by atoms with Crippen molar-refractivity contribution < 1.29 is 9.72 Å². The molecule has 8 nitrogen and oxygen atoms in total. The van der Waals surface area contributed by atoms with Crippen molar-refractivity contribution in [1.82, 2.24) is 14.4 Å². The maximum atomic E-state index is 12.6. The molecule has 3 rings (SSSR count). The minimum Gasteiger partial charge on any atom is -0.340 e. The van der Waals surface area contributed by atoms with E-state index in [2.05, 4.69) is 17.0 Å². The standard InChI is InChI=1S/C19H22N4O4/c24-18-8-7-17(23(26)27)14-22(18)15-19(25)21-10-4-9-20(11-12-21)13-16-5-2-1-3-6-16/h1-3,5-8,14H,4,9-13,15H2. The summed E-state index contributed by atoms with van der Waals surface area (Å²) in [6, 6.07) is 12.5. The highest BCUT2D eigenvalue weighted by molar-refractivity contribution is 5.76. The van der Waals surface area contributed by atoms with Crippen molar-refractivity contribution >= 4 is 11.6 Å². The van der Waals surface area contributed by atoms with Gasteiger partial charge in [-0.05, 0) is 12.0 Å². The molecule has 0 bridgehead atoms. The van der Waals surface area contributed by atoms with Crippen LogP contribution in [0.3, 0.4) is 0 Å². The molecule has 0 atom stereocenters. The SMILES string of the molecule is O=C(Cn1cc([N+](=O)[O-])ccc1=O)N1CCCN(Cc2ccccc2)CC1. The summed E-state index contributed by atoms with van der Waals surface area (Å²) in [7, 11) is 0. The largest absolute Gasteiger partial charge is 0.340 e. The van der Waals surface area contributed by atoms with Crippen molar-refractivity contribution in [2.75, 3.05) is 26.2 Å². The average molecular weight is 370 g/mol. The van der Waals surface area contributed by atoms with Gasteiger partial charge in [0.1, 0.15) is 6.54 Å². The highest BCUT2D eigenvalue weighted by Gasteiger charge is 2.20. The molecule has 1 aliphatic heterocycles. The zero-order chi connectivity index (χ0) is 19.2. The lowest BCUT2D eigenvalue weighted by Gasteiger charge is -2.22. The van der Waals surface area contributed by atoms with Crippen molar-refractivity contribution in [2.24, 2.45) is 0 Å². The Morgan fingerprint density at radius 3 is 2.56 bits per heavy atom. The Morgan fingerprint density at radius 2 is 1.81 bits per heavy atom. The Hall–Kier alpha value is -3.00. The predicted octanol–water partition coefficient (Wildman–Crippen LogP) is 1.49. The fraction of sp³-hybridized carbons (Fsp3) is 0.368. The summed E-state index contributed by atoms with van der Waals surface area (Å²) >= 11 is 0. The number of nitro groups is 1. The third-order valence-electron chi connectivity index (χ3n) is 4.67. The molecule has 0 aliphatic carbocycles. The van der Waals surface area contributed by atoms with Gasteiger partial charge in [-0.2, -0.15) is 0 Å². The number of rotatable bonds is 5. The van der Waals surface area contributed by atoms with Gasteiger partial charge >= 0.3 is 0 Å². The van der Waals surface area contributed by atoms with E-state index in [1.165, 1.54) is 5.56 Å². The first-order valence-corrected chi connectivity index (χ1v) is 8.92. The normalized spacial score (nSPS) is 15.3. The summed E-state index contributed by atoms with van der Waals surface area (Å²) in [5.41, 5.74) is 0.613. The first kappa shape index (κ1) is 18.8. The molecule has 2 heterocycles. The molecule has 0 spiro atoms. The van der Waals surface area contributed by atoms with Crippen LogP contribution >= 0.6 is 0 Å². The van der Waals surface area contributed by atoms with Gasteiger partial charge in [-0.25, -0.2) is 0 Å². The van der Waals surface area contributed by atoms with E-state index >= 15 is 0 Å².